The van der Waals surface area contributed by atoms with E-state index in [1.54, 1.807) is 24.3 Å². The zero-order valence-corrected chi connectivity index (χ0v) is 16.7. The lowest BCUT2D eigenvalue weighted by Gasteiger charge is -2.36. The summed E-state index contributed by atoms with van der Waals surface area (Å²) < 4.78 is 47.0. The van der Waals surface area contributed by atoms with Gasteiger partial charge in [0.15, 0.2) is 11.5 Å². The number of phenolic OH excluding ortho intramolecular Hbond substituents is 1. The predicted molar refractivity (Wildman–Crippen MR) is 102 cm³/mol. The Labute approximate surface area is 169 Å². The summed E-state index contributed by atoms with van der Waals surface area (Å²) in [6.45, 7) is 3.16. The first-order chi connectivity index (χ1) is 13.3. The molecule has 28 heavy (non-hydrogen) atoms. The Kier molecular flexibility index (Phi) is 6.36. The third-order valence-electron chi connectivity index (χ3n) is 4.53. The molecule has 9 heteroatoms. The van der Waals surface area contributed by atoms with E-state index in [4.69, 9.17) is 4.74 Å². The van der Waals surface area contributed by atoms with Gasteiger partial charge in [0.2, 0.25) is 0 Å². The minimum absolute atomic E-state index is 0.000707. The van der Waals surface area contributed by atoms with E-state index >= 15 is 0 Å². The van der Waals surface area contributed by atoms with Gasteiger partial charge in [0.05, 0.1) is 17.6 Å². The molecule has 1 aliphatic heterocycles. The van der Waals surface area contributed by atoms with Crippen LogP contribution in [0.3, 0.4) is 0 Å². The van der Waals surface area contributed by atoms with Gasteiger partial charge in [0.1, 0.15) is 5.75 Å². The van der Waals surface area contributed by atoms with Gasteiger partial charge in [-0.2, -0.15) is 0 Å². The summed E-state index contributed by atoms with van der Waals surface area (Å²) in [6.07, 6.45) is -4.73. The SMILES string of the molecule is COc1cc([C@H](c2ccc(OC(F)(F)F)cc2)N2CCNCC2)cc(Br)c1O. The zero-order chi connectivity index (χ0) is 20.3. The predicted octanol–water partition coefficient (Wildman–Crippen LogP) is 4.06. The highest BCUT2D eigenvalue weighted by Crippen LogP contribution is 2.40. The third-order valence-corrected chi connectivity index (χ3v) is 5.14. The summed E-state index contributed by atoms with van der Waals surface area (Å²) in [5, 5.41) is 13.4. The number of rotatable bonds is 5. The van der Waals surface area contributed by atoms with Crippen LogP contribution >= 0.6 is 15.9 Å². The second-order valence-electron chi connectivity index (χ2n) is 6.36. The fourth-order valence-corrected chi connectivity index (χ4v) is 3.77. The minimum atomic E-state index is -4.73. The van der Waals surface area contributed by atoms with E-state index in [1.165, 1.54) is 19.2 Å². The molecule has 1 fully saturated rings. The van der Waals surface area contributed by atoms with E-state index in [-0.39, 0.29) is 17.5 Å². The maximum absolute atomic E-state index is 12.4. The number of alkyl halides is 3. The van der Waals surface area contributed by atoms with Crippen molar-refractivity contribution in [2.75, 3.05) is 33.3 Å². The lowest BCUT2D eigenvalue weighted by molar-refractivity contribution is -0.274. The van der Waals surface area contributed by atoms with Crippen LogP contribution in [-0.2, 0) is 0 Å². The quantitative estimate of drug-likeness (QED) is 0.704. The molecule has 1 heterocycles. The molecule has 0 spiro atoms. The number of hydrogen-bond donors (Lipinski definition) is 2. The van der Waals surface area contributed by atoms with Gasteiger partial charge >= 0.3 is 6.36 Å². The van der Waals surface area contributed by atoms with Crippen LogP contribution in [0.15, 0.2) is 40.9 Å². The van der Waals surface area contributed by atoms with E-state index in [0.717, 1.165) is 37.3 Å². The van der Waals surface area contributed by atoms with Crippen LogP contribution in [-0.4, -0.2) is 49.7 Å². The number of benzene rings is 2. The maximum atomic E-state index is 12.4. The summed E-state index contributed by atoms with van der Waals surface area (Å²) in [7, 11) is 1.47. The number of ether oxygens (including phenoxy) is 2. The van der Waals surface area contributed by atoms with Crippen LogP contribution in [0.4, 0.5) is 13.2 Å². The molecule has 5 nitrogen and oxygen atoms in total. The van der Waals surface area contributed by atoms with Crippen LogP contribution in [0.5, 0.6) is 17.2 Å². The third kappa shape index (κ3) is 4.89. The summed E-state index contributed by atoms with van der Waals surface area (Å²) in [5.74, 6) is 0.0561. The fourth-order valence-electron chi connectivity index (χ4n) is 3.31. The topological polar surface area (TPSA) is 54.0 Å². The molecule has 2 aromatic carbocycles. The number of phenols is 1. The van der Waals surface area contributed by atoms with Crippen LogP contribution in [0, 0.1) is 0 Å². The highest BCUT2D eigenvalue weighted by molar-refractivity contribution is 9.10. The fraction of sp³-hybridized carbons (Fsp3) is 0.368. The molecule has 2 N–H and O–H groups in total. The molecule has 0 saturated carbocycles. The zero-order valence-electron chi connectivity index (χ0n) is 15.1. The van der Waals surface area contributed by atoms with Crippen molar-refractivity contribution >= 4 is 15.9 Å². The van der Waals surface area contributed by atoms with E-state index in [9.17, 15) is 18.3 Å². The number of piperazine rings is 1. The standard InChI is InChI=1S/C19H20BrF3N2O3/c1-27-16-11-13(10-15(20)18(16)26)17(25-8-6-24-7-9-25)12-2-4-14(5-3-12)28-19(21,22)23/h2-5,10-11,17,24,26H,6-9H2,1H3/t17-/m0/s1. The molecule has 3 rings (SSSR count). The van der Waals surface area contributed by atoms with Gasteiger partial charge in [-0.3, -0.25) is 4.90 Å². The summed E-state index contributed by atoms with van der Waals surface area (Å²) in [4.78, 5) is 2.23. The average molecular weight is 461 g/mol. The lowest BCUT2D eigenvalue weighted by atomic mass is 9.96. The van der Waals surface area contributed by atoms with Gasteiger partial charge in [-0.25, -0.2) is 0 Å². The molecule has 152 valence electrons. The number of nitrogens with zero attached hydrogens (tertiary/aromatic N) is 1. The Morgan fingerprint density at radius 3 is 2.32 bits per heavy atom. The average Bonchev–Trinajstić information content (AvgIpc) is 2.65. The molecule has 1 saturated heterocycles. The summed E-state index contributed by atoms with van der Waals surface area (Å²) in [6, 6.07) is 9.20. The lowest BCUT2D eigenvalue weighted by Crippen LogP contribution is -2.45. The van der Waals surface area contributed by atoms with Gasteiger partial charge in [0, 0.05) is 26.2 Å². The number of methoxy groups -OCH3 is 1. The van der Waals surface area contributed by atoms with Crippen molar-refractivity contribution in [1.82, 2.24) is 10.2 Å². The molecule has 1 atom stereocenters. The van der Waals surface area contributed by atoms with Crippen LogP contribution in [0.1, 0.15) is 17.2 Å². The Bertz CT molecular complexity index is 809. The Morgan fingerprint density at radius 2 is 1.75 bits per heavy atom. The molecular formula is C19H20BrF3N2O3. The van der Waals surface area contributed by atoms with E-state index < -0.39 is 6.36 Å². The van der Waals surface area contributed by atoms with Crippen molar-refractivity contribution in [3.63, 3.8) is 0 Å². The van der Waals surface area contributed by atoms with Crippen LogP contribution < -0.4 is 14.8 Å². The number of hydrogen-bond acceptors (Lipinski definition) is 5. The van der Waals surface area contributed by atoms with Crippen molar-refractivity contribution in [2.45, 2.75) is 12.4 Å². The van der Waals surface area contributed by atoms with Gasteiger partial charge in [-0.05, 0) is 51.3 Å². The molecule has 0 unspecified atom stereocenters. The Morgan fingerprint density at radius 1 is 1.11 bits per heavy atom. The first-order valence-electron chi connectivity index (χ1n) is 8.65. The second kappa shape index (κ2) is 8.59. The molecule has 1 aliphatic rings. The molecule has 0 bridgehead atoms. The number of halogens is 4. The van der Waals surface area contributed by atoms with Crippen molar-refractivity contribution in [1.29, 1.82) is 0 Å². The highest BCUT2D eigenvalue weighted by atomic mass is 79.9. The molecule has 0 radical (unpaired) electrons. The summed E-state index contributed by atoms with van der Waals surface area (Å²) in [5.41, 5.74) is 1.67. The normalized spacial score (nSPS) is 16.6. The summed E-state index contributed by atoms with van der Waals surface area (Å²) >= 11 is 3.34. The smallest absolute Gasteiger partial charge is 0.503 e. The van der Waals surface area contributed by atoms with E-state index in [0.29, 0.717) is 10.2 Å². The van der Waals surface area contributed by atoms with Gasteiger partial charge < -0.3 is 19.9 Å². The van der Waals surface area contributed by atoms with Crippen molar-refractivity contribution in [3.8, 4) is 17.2 Å². The van der Waals surface area contributed by atoms with Crippen LogP contribution in [0.25, 0.3) is 0 Å². The Hall–Kier alpha value is -1.97. The largest absolute Gasteiger partial charge is 0.573 e. The first kappa shape index (κ1) is 20.8. The van der Waals surface area contributed by atoms with Crippen LogP contribution in [0.2, 0.25) is 0 Å². The van der Waals surface area contributed by atoms with Crippen molar-refractivity contribution in [3.05, 3.63) is 52.0 Å². The van der Waals surface area contributed by atoms with Crippen molar-refractivity contribution in [2.24, 2.45) is 0 Å². The van der Waals surface area contributed by atoms with E-state index in [2.05, 4.69) is 30.9 Å². The maximum Gasteiger partial charge on any atom is 0.573 e. The van der Waals surface area contributed by atoms with Gasteiger partial charge in [-0.1, -0.05) is 12.1 Å². The van der Waals surface area contributed by atoms with Crippen molar-refractivity contribution < 1.29 is 27.8 Å². The first-order valence-corrected chi connectivity index (χ1v) is 9.44. The van der Waals surface area contributed by atoms with Gasteiger partial charge in [-0.15, -0.1) is 13.2 Å². The second-order valence-corrected chi connectivity index (χ2v) is 7.21. The molecule has 2 aromatic rings. The Balaban J connectivity index is 1.99. The van der Waals surface area contributed by atoms with Gasteiger partial charge in [0.25, 0.3) is 0 Å². The molecule has 0 amide bonds. The number of aromatic hydroxyl groups is 1. The molecular weight excluding hydrogens is 441 g/mol. The number of nitrogens with one attached hydrogen (secondary N) is 1. The van der Waals surface area contributed by atoms with E-state index in [1.807, 2.05) is 0 Å². The highest BCUT2D eigenvalue weighted by Gasteiger charge is 2.31. The monoisotopic (exact) mass is 460 g/mol. The molecule has 0 aliphatic carbocycles. The minimum Gasteiger partial charge on any atom is -0.503 e. The molecule has 0 aromatic heterocycles.